The molecule has 0 amide bonds. The molecule has 2 atom stereocenters. The first-order chi connectivity index (χ1) is 11.5. The van der Waals surface area contributed by atoms with Crippen LogP contribution in [0.1, 0.15) is 118 Å². The molecular weight excluding hydrogens is 292 g/mol. The Morgan fingerprint density at radius 1 is 0.708 bits per heavy atom. The second-order valence-electron chi connectivity index (χ2n) is 8.20. The van der Waals surface area contributed by atoms with Gasteiger partial charge in [0.25, 0.3) is 0 Å². The largest absolute Gasteiger partial charge is 0.330 e. The van der Waals surface area contributed by atoms with E-state index in [1.165, 1.54) is 83.5 Å². The molecule has 0 aromatic heterocycles. The highest BCUT2D eigenvalue weighted by atomic mass is 14.7. The summed E-state index contributed by atoms with van der Waals surface area (Å²) < 4.78 is 0. The Labute approximate surface area is 153 Å². The minimum atomic E-state index is 0.0530. The summed E-state index contributed by atoms with van der Waals surface area (Å²) in [6.45, 7) is 10.1. The molecular formula is C22H48N2. The third-order valence-corrected chi connectivity index (χ3v) is 5.86. The van der Waals surface area contributed by atoms with Gasteiger partial charge >= 0.3 is 0 Å². The zero-order chi connectivity index (χ0) is 18.3. The molecule has 2 heteroatoms. The number of hydrogen-bond donors (Lipinski definition) is 2. The van der Waals surface area contributed by atoms with Gasteiger partial charge in [-0.25, -0.2) is 0 Å². The molecule has 0 aromatic rings. The Morgan fingerprint density at radius 3 is 1.58 bits per heavy atom. The van der Waals surface area contributed by atoms with Crippen LogP contribution in [0, 0.1) is 11.8 Å². The van der Waals surface area contributed by atoms with E-state index < -0.39 is 0 Å². The molecule has 0 aliphatic rings. The van der Waals surface area contributed by atoms with E-state index in [-0.39, 0.29) is 5.54 Å². The monoisotopic (exact) mass is 340 g/mol. The van der Waals surface area contributed by atoms with Gasteiger partial charge in [-0.2, -0.15) is 0 Å². The lowest BCUT2D eigenvalue weighted by Crippen LogP contribution is -2.43. The van der Waals surface area contributed by atoms with Gasteiger partial charge in [-0.15, -0.1) is 0 Å². The smallest absolute Gasteiger partial charge is 0.0159 e. The average Bonchev–Trinajstić information content (AvgIpc) is 2.59. The number of unbranched alkanes of at least 4 members (excludes halogenated alkanes) is 4. The van der Waals surface area contributed by atoms with Crippen LogP contribution < -0.4 is 11.5 Å². The summed E-state index contributed by atoms with van der Waals surface area (Å²) >= 11 is 0. The van der Waals surface area contributed by atoms with Gasteiger partial charge in [0.05, 0.1) is 0 Å². The Morgan fingerprint density at radius 2 is 1.21 bits per heavy atom. The van der Waals surface area contributed by atoms with E-state index in [4.69, 9.17) is 11.5 Å². The molecule has 0 fully saturated rings. The van der Waals surface area contributed by atoms with Crippen molar-refractivity contribution in [2.75, 3.05) is 6.54 Å². The van der Waals surface area contributed by atoms with Crippen LogP contribution in [0.3, 0.4) is 0 Å². The summed E-state index contributed by atoms with van der Waals surface area (Å²) in [6.07, 6.45) is 17.9. The van der Waals surface area contributed by atoms with E-state index in [2.05, 4.69) is 27.7 Å². The fraction of sp³-hybridized carbons (Fsp3) is 1.00. The first-order valence-electron chi connectivity index (χ1n) is 11.0. The van der Waals surface area contributed by atoms with Crippen LogP contribution in [0.25, 0.3) is 0 Å². The van der Waals surface area contributed by atoms with Crippen molar-refractivity contribution < 1.29 is 0 Å². The lowest BCUT2D eigenvalue weighted by molar-refractivity contribution is 0.213. The van der Waals surface area contributed by atoms with Crippen molar-refractivity contribution >= 4 is 0 Å². The third kappa shape index (κ3) is 11.5. The summed E-state index contributed by atoms with van der Waals surface area (Å²) in [6, 6.07) is 0. The summed E-state index contributed by atoms with van der Waals surface area (Å²) in [4.78, 5) is 0. The lowest BCUT2D eigenvalue weighted by Gasteiger charge is -2.36. The van der Waals surface area contributed by atoms with Crippen LogP contribution in [0.5, 0.6) is 0 Å². The molecule has 0 heterocycles. The van der Waals surface area contributed by atoms with Crippen molar-refractivity contribution in [2.45, 2.75) is 123 Å². The maximum Gasteiger partial charge on any atom is 0.0159 e. The average molecular weight is 341 g/mol. The van der Waals surface area contributed by atoms with Crippen LogP contribution >= 0.6 is 0 Å². The van der Waals surface area contributed by atoms with Crippen LogP contribution in [0.2, 0.25) is 0 Å². The summed E-state index contributed by atoms with van der Waals surface area (Å²) in [7, 11) is 0. The molecule has 0 aliphatic heterocycles. The molecule has 0 radical (unpaired) electrons. The van der Waals surface area contributed by atoms with Crippen molar-refractivity contribution in [3.63, 3.8) is 0 Å². The van der Waals surface area contributed by atoms with Gasteiger partial charge < -0.3 is 11.5 Å². The van der Waals surface area contributed by atoms with Gasteiger partial charge in [0.1, 0.15) is 0 Å². The number of rotatable bonds is 17. The SMILES string of the molecule is CCCCC(CC)CC(N)(CCCCCN)CC(CC)CCCC. The Kier molecular flexibility index (Phi) is 15.1. The van der Waals surface area contributed by atoms with Crippen LogP contribution in [0.4, 0.5) is 0 Å². The van der Waals surface area contributed by atoms with Crippen LogP contribution in [-0.4, -0.2) is 12.1 Å². The van der Waals surface area contributed by atoms with Crippen molar-refractivity contribution in [3.05, 3.63) is 0 Å². The third-order valence-electron chi connectivity index (χ3n) is 5.86. The zero-order valence-corrected chi connectivity index (χ0v) is 17.4. The standard InChI is InChI=1S/C22H48N2/c1-5-9-14-20(7-3)18-22(24,16-12-11-13-17-23)19-21(8-4)15-10-6-2/h20-21H,5-19,23-24H2,1-4H3. The molecule has 0 rings (SSSR count). The minimum Gasteiger partial charge on any atom is -0.330 e. The zero-order valence-electron chi connectivity index (χ0n) is 17.4. The molecule has 0 bridgehead atoms. The molecule has 24 heavy (non-hydrogen) atoms. The van der Waals surface area contributed by atoms with Crippen molar-refractivity contribution in [2.24, 2.45) is 23.3 Å². The fourth-order valence-corrected chi connectivity index (χ4v) is 4.12. The van der Waals surface area contributed by atoms with E-state index in [1.807, 2.05) is 0 Å². The highest BCUT2D eigenvalue weighted by Crippen LogP contribution is 2.34. The van der Waals surface area contributed by atoms with Gasteiger partial charge in [-0.05, 0) is 44.1 Å². The van der Waals surface area contributed by atoms with E-state index in [1.54, 1.807) is 0 Å². The van der Waals surface area contributed by atoms with E-state index >= 15 is 0 Å². The Balaban J connectivity index is 4.76. The summed E-state index contributed by atoms with van der Waals surface area (Å²) in [5.41, 5.74) is 12.8. The maximum absolute atomic E-state index is 7.05. The Hall–Kier alpha value is -0.0800. The van der Waals surface area contributed by atoms with Crippen LogP contribution in [0.15, 0.2) is 0 Å². The minimum absolute atomic E-state index is 0.0530. The molecule has 2 nitrogen and oxygen atoms in total. The van der Waals surface area contributed by atoms with E-state index in [9.17, 15) is 0 Å². The second kappa shape index (κ2) is 15.2. The lowest BCUT2D eigenvalue weighted by atomic mass is 9.74. The molecule has 2 unspecified atom stereocenters. The predicted octanol–water partition coefficient (Wildman–Crippen LogP) is 6.42. The summed E-state index contributed by atoms with van der Waals surface area (Å²) in [5, 5.41) is 0. The van der Waals surface area contributed by atoms with Crippen molar-refractivity contribution in [1.82, 2.24) is 0 Å². The second-order valence-corrected chi connectivity index (χ2v) is 8.20. The first-order valence-corrected chi connectivity index (χ1v) is 11.0. The maximum atomic E-state index is 7.05. The molecule has 0 spiro atoms. The molecule has 0 aliphatic carbocycles. The molecule has 146 valence electrons. The first kappa shape index (κ1) is 23.9. The number of hydrogen-bond acceptors (Lipinski definition) is 2. The van der Waals surface area contributed by atoms with Gasteiger partial charge in [0.2, 0.25) is 0 Å². The van der Waals surface area contributed by atoms with Gasteiger partial charge in [0, 0.05) is 5.54 Å². The van der Waals surface area contributed by atoms with Crippen LogP contribution in [-0.2, 0) is 0 Å². The van der Waals surface area contributed by atoms with Crippen molar-refractivity contribution in [1.29, 1.82) is 0 Å². The Bertz CT molecular complexity index is 247. The van der Waals surface area contributed by atoms with E-state index in [0.29, 0.717) is 0 Å². The van der Waals surface area contributed by atoms with Crippen molar-refractivity contribution in [3.8, 4) is 0 Å². The van der Waals surface area contributed by atoms with Gasteiger partial charge in [-0.1, -0.05) is 91.9 Å². The molecule has 0 saturated heterocycles. The quantitative estimate of drug-likeness (QED) is 0.300. The normalized spacial score (nSPS) is 16.8. The highest BCUT2D eigenvalue weighted by Gasteiger charge is 2.30. The van der Waals surface area contributed by atoms with Gasteiger partial charge in [-0.3, -0.25) is 0 Å². The molecule has 0 aromatic carbocycles. The van der Waals surface area contributed by atoms with E-state index in [0.717, 1.165) is 24.8 Å². The number of nitrogens with two attached hydrogens (primary N) is 2. The molecule has 0 saturated carbocycles. The molecule has 4 N–H and O–H groups in total. The fourth-order valence-electron chi connectivity index (χ4n) is 4.12. The topological polar surface area (TPSA) is 52.0 Å². The highest BCUT2D eigenvalue weighted by molar-refractivity contribution is 4.88. The predicted molar refractivity (Wildman–Crippen MR) is 110 cm³/mol. The summed E-state index contributed by atoms with van der Waals surface area (Å²) in [5.74, 6) is 1.63. The van der Waals surface area contributed by atoms with Gasteiger partial charge in [0.15, 0.2) is 0 Å².